The number of benzene rings is 2. The van der Waals surface area contributed by atoms with Crippen LogP contribution in [0.4, 0.5) is 24.5 Å². The van der Waals surface area contributed by atoms with Crippen molar-refractivity contribution in [1.82, 2.24) is 4.90 Å². The van der Waals surface area contributed by atoms with Crippen LogP contribution in [-0.2, 0) is 0 Å². The molecule has 0 spiro atoms. The molecule has 1 unspecified atom stereocenters. The third-order valence-electron chi connectivity index (χ3n) is 4.92. The van der Waals surface area contributed by atoms with E-state index >= 15 is 0 Å². The first-order valence-corrected chi connectivity index (χ1v) is 9.13. The molecule has 10 heteroatoms. The summed E-state index contributed by atoms with van der Waals surface area (Å²) < 4.78 is 42.3. The standard InChI is InChI=1S/C19H17ClF3N3O3/c1-10-7-14(22)18(23)16(17(10)20)19(27)25-6-5-24(9-11(25)2)15-4-3-12(26(28)29)8-13(15)21/h3-4,7-8,11H,5-6,9H2,1-2H3. The van der Waals surface area contributed by atoms with Crippen molar-refractivity contribution in [3.05, 3.63) is 68.0 Å². The fourth-order valence-corrected chi connectivity index (χ4v) is 3.62. The Morgan fingerprint density at radius 2 is 1.90 bits per heavy atom. The van der Waals surface area contributed by atoms with Gasteiger partial charge in [-0.3, -0.25) is 14.9 Å². The van der Waals surface area contributed by atoms with E-state index in [9.17, 15) is 28.1 Å². The Morgan fingerprint density at radius 3 is 2.48 bits per heavy atom. The number of halogens is 4. The summed E-state index contributed by atoms with van der Waals surface area (Å²) in [7, 11) is 0. The fourth-order valence-electron chi connectivity index (χ4n) is 3.41. The number of piperazine rings is 1. The number of hydrogen-bond donors (Lipinski definition) is 0. The maximum Gasteiger partial charge on any atom is 0.272 e. The van der Waals surface area contributed by atoms with Crippen molar-refractivity contribution in [3.63, 3.8) is 0 Å². The monoisotopic (exact) mass is 427 g/mol. The van der Waals surface area contributed by atoms with Crippen LogP contribution >= 0.6 is 11.6 Å². The van der Waals surface area contributed by atoms with Gasteiger partial charge in [-0.25, -0.2) is 13.2 Å². The molecule has 1 fully saturated rings. The topological polar surface area (TPSA) is 66.7 Å². The Labute approximate surface area is 169 Å². The van der Waals surface area contributed by atoms with E-state index < -0.39 is 39.9 Å². The first-order chi connectivity index (χ1) is 13.6. The number of non-ortho nitro benzene ring substituents is 1. The van der Waals surface area contributed by atoms with Crippen LogP contribution < -0.4 is 4.90 Å². The molecule has 1 saturated heterocycles. The van der Waals surface area contributed by atoms with E-state index in [4.69, 9.17) is 11.6 Å². The molecule has 0 N–H and O–H groups in total. The van der Waals surface area contributed by atoms with E-state index in [1.165, 1.54) is 24.0 Å². The van der Waals surface area contributed by atoms with Gasteiger partial charge in [0.2, 0.25) is 0 Å². The molecule has 3 rings (SSSR count). The van der Waals surface area contributed by atoms with Crippen molar-refractivity contribution in [3.8, 4) is 0 Å². The van der Waals surface area contributed by atoms with E-state index in [2.05, 4.69) is 0 Å². The second-order valence-corrected chi connectivity index (χ2v) is 7.24. The number of carbonyl (C=O) groups excluding carboxylic acids is 1. The molecule has 154 valence electrons. The van der Waals surface area contributed by atoms with Crippen LogP contribution in [0.2, 0.25) is 5.02 Å². The number of carbonyl (C=O) groups is 1. The molecular formula is C19H17ClF3N3O3. The van der Waals surface area contributed by atoms with Gasteiger partial charge in [0.1, 0.15) is 0 Å². The molecule has 1 atom stereocenters. The lowest BCUT2D eigenvalue weighted by Crippen LogP contribution is -2.54. The van der Waals surface area contributed by atoms with Crippen LogP contribution in [0.25, 0.3) is 0 Å². The van der Waals surface area contributed by atoms with Crippen LogP contribution in [0.15, 0.2) is 24.3 Å². The maximum absolute atomic E-state index is 14.3. The van der Waals surface area contributed by atoms with Gasteiger partial charge in [-0.1, -0.05) is 11.6 Å². The van der Waals surface area contributed by atoms with Gasteiger partial charge >= 0.3 is 0 Å². The minimum atomic E-state index is -1.30. The summed E-state index contributed by atoms with van der Waals surface area (Å²) in [5.41, 5.74) is -0.473. The van der Waals surface area contributed by atoms with Crippen molar-refractivity contribution >= 4 is 28.9 Å². The zero-order valence-electron chi connectivity index (χ0n) is 15.6. The van der Waals surface area contributed by atoms with Crippen LogP contribution in [0.1, 0.15) is 22.8 Å². The smallest absolute Gasteiger partial charge is 0.272 e. The van der Waals surface area contributed by atoms with Crippen molar-refractivity contribution in [2.24, 2.45) is 0 Å². The molecule has 1 aliphatic rings. The Balaban J connectivity index is 1.83. The lowest BCUT2D eigenvalue weighted by molar-refractivity contribution is -0.385. The summed E-state index contributed by atoms with van der Waals surface area (Å²) in [6.07, 6.45) is 0. The third kappa shape index (κ3) is 3.87. The summed E-state index contributed by atoms with van der Waals surface area (Å²) in [6, 6.07) is 3.80. The Morgan fingerprint density at radius 1 is 1.21 bits per heavy atom. The second kappa shape index (κ2) is 7.90. The highest BCUT2D eigenvalue weighted by Crippen LogP contribution is 2.30. The lowest BCUT2D eigenvalue weighted by atomic mass is 10.1. The minimum absolute atomic E-state index is 0.113. The Kier molecular flexibility index (Phi) is 5.70. The molecule has 0 saturated carbocycles. The Hall–Kier alpha value is -2.81. The number of rotatable bonds is 3. The van der Waals surface area contributed by atoms with Crippen molar-refractivity contribution < 1.29 is 22.9 Å². The molecule has 1 amide bonds. The number of nitrogens with zero attached hydrogens (tertiary/aromatic N) is 3. The van der Waals surface area contributed by atoms with Crippen LogP contribution in [-0.4, -0.2) is 41.4 Å². The van der Waals surface area contributed by atoms with Crippen molar-refractivity contribution in [2.75, 3.05) is 24.5 Å². The molecule has 1 aliphatic heterocycles. The van der Waals surface area contributed by atoms with Gasteiger partial charge < -0.3 is 9.80 Å². The van der Waals surface area contributed by atoms with Gasteiger partial charge in [0.15, 0.2) is 17.5 Å². The van der Waals surface area contributed by atoms with E-state index in [1.54, 1.807) is 11.8 Å². The third-order valence-corrected chi connectivity index (χ3v) is 5.41. The predicted molar refractivity (Wildman–Crippen MR) is 102 cm³/mol. The molecule has 1 heterocycles. The van der Waals surface area contributed by atoms with Gasteiger partial charge in [-0.2, -0.15) is 0 Å². The Bertz CT molecular complexity index is 976. The molecule has 0 aromatic heterocycles. The molecule has 0 radical (unpaired) electrons. The molecule has 6 nitrogen and oxygen atoms in total. The predicted octanol–water partition coefficient (Wildman–Crippen LogP) is 4.32. The van der Waals surface area contributed by atoms with Crippen molar-refractivity contribution in [1.29, 1.82) is 0 Å². The quantitative estimate of drug-likeness (QED) is 0.415. The van der Waals surface area contributed by atoms with Crippen molar-refractivity contribution in [2.45, 2.75) is 19.9 Å². The summed E-state index contributed by atoms with van der Waals surface area (Å²) in [5, 5.41) is 10.6. The highest BCUT2D eigenvalue weighted by Gasteiger charge is 2.33. The average molecular weight is 428 g/mol. The highest BCUT2D eigenvalue weighted by molar-refractivity contribution is 6.34. The number of nitro benzene ring substituents is 1. The number of aryl methyl sites for hydroxylation is 1. The molecule has 0 bridgehead atoms. The molecule has 2 aromatic carbocycles. The second-order valence-electron chi connectivity index (χ2n) is 6.86. The van der Waals surface area contributed by atoms with E-state index in [0.717, 1.165) is 12.1 Å². The number of anilines is 1. The van der Waals surface area contributed by atoms with Crippen LogP contribution in [0.5, 0.6) is 0 Å². The molecular weight excluding hydrogens is 411 g/mol. The largest absolute Gasteiger partial charge is 0.365 e. The number of nitro groups is 1. The van der Waals surface area contributed by atoms with E-state index in [0.29, 0.717) is 0 Å². The normalized spacial score (nSPS) is 16.8. The summed E-state index contributed by atoms with van der Waals surface area (Å²) in [4.78, 5) is 25.9. The summed E-state index contributed by atoms with van der Waals surface area (Å²) in [6.45, 7) is 3.68. The first kappa shape index (κ1) is 20.9. The van der Waals surface area contributed by atoms with Gasteiger partial charge in [0.05, 0.1) is 27.3 Å². The fraction of sp³-hybridized carbons (Fsp3) is 0.316. The minimum Gasteiger partial charge on any atom is -0.365 e. The molecule has 2 aromatic rings. The first-order valence-electron chi connectivity index (χ1n) is 8.75. The number of amides is 1. The number of hydrogen-bond acceptors (Lipinski definition) is 4. The van der Waals surface area contributed by atoms with Gasteiger partial charge in [0.25, 0.3) is 11.6 Å². The summed E-state index contributed by atoms with van der Waals surface area (Å²) >= 11 is 6.05. The zero-order chi connectivity index (χ0) is 21.5. The average Bonchev–Trinajstić information content (AvgIpc) is 2.66. The molecule has 29 heavy (non-hydrogen) atoms. The van der Waals surface area contributed by atoms with Gasteiger partial charge in [0, 0.05) is 31.7 Å². The SMILES string of the molecule is Cc1cc(F)c(F)c(C(=O)N2CCN(c3ccc([N+](=O)[O-])cc3F)CC2C)c1Cl. The van der Waals surface area contributed by atoms with E-state index in [1.807, 2.05) is 0 Å². The summed E-state index contributed by atoms with van der Waals surface area (Å²) in [5.74, 6) is -3.96. The van der Waals surface area contributed by atoms with Gasteiger partial charge in [-0.05, 0) is 31.5 Å². The van der Waals surface area contributed by atoms with E-state index in [-0.39, 0.29) is 41.6 Å². The van der Waals surface area contributed by atoms with Crippen LogP contribution in [0.3, 0.4) is 0 Å². The maximum atomic E-state index is 14.3. The zero-order valence-corrected chi connectivity index (χ0v) is 16.3. The van der Waals surface area contributed by atoms with Gasteiger partial charge in [-0.15, -0.1) is 0 Å². The molecule has 0 aliphatic carbocycles. The van der Waals surface area contributed by atoms with Crippen LogP contribution in [0, 0.1) is 34.5 Å². The lowest BCUT2D eigenvalue weighted by Gasteiger charge is -2.41. The highest BCUT2D eigenvalue weighted by atomic mass is 35.5.